The largest absolute Gasteiger partial charge is 0.481 e. The molecule has 0 saturated carbocycles. The predicted octanol–water partition coefficient (Wildman–Crippen LogP) is 4.55. The summed E-state index contributed by atoms with van der Waals surface area (Å²) >= 11 is 0. The number of hydrogen-bond acceptors (Lipinski definition) is 2. The first-order chi connectivity index (χ1) is 12.5. The molecular formula is C23H29NO2. The summed E-state index contributed by atoms with van der Waals surface area (Å²) in [6, 6.07) is 16.7. The number of rotatable bonds is 5. The second-order valence-corrected chi connectivity index (χ2v) is 7.49. The quantitative estimate of drug-likeness (QED) is 0.791. The van der Waals surface area contributed by atoms with Gasteiger partial charge in [-0.05, 0) is 63.1 Å². The van der Waals surface area contributed by atoms with Crippen molar-refractivity contribution in [3.05, 3.63) is 65.2 Å². The average molecular weight is 351 g/mol. The van der Waals surface area contributed by atoms with Crippen LogP contribution in [-0.4, -0.2) is 30.0 Å². The minimum Gasteiger partial charge on any atom is -0.481 e. The first-order valence-corrected chi connectivity index (χ1v) is 9.59. The summed E-state index contributed by atoms with van der Waals surface area (Å²) in [7, 11) is 0. The van der Waals surface area contributed by atoms with E-state index in [2.05, 4.69) is 43.3 Å². The van der Waals surface area contributed by atoms with Crippen molar-refractivity contribution in [3.8, 4) is 5.75 Å². The fourth-order valence-electron chi connectivity index (χ4n) is 3.73. The normalized spacial score (nSPS) is 16.3. The first-order valence-electron chi connectivity index (χ1n) is 9.59. The Morgan fingerprint density at radius 2 is 1.81 bits per heavy atom. The third kappa shape index (κ3) is 4.66. The molecule has 1 aliphatic heterocycles. The van der Waals surface area contributed by atoms with Crippen LogP contribution in [0.3, 0.4) is 0 Å². The molecule has 0 radical (unpaired) electrons. The lowest BCUT2D eigenvalue weighted by Crippen LogP contribution is -2.45. The van der Waals surface area contributed by atoms with Crippen LogP contribution in [0.5, 0.6) is 5.75 Å². The molecule has 2 aromatic carbocycles. The van der Waals surface area contributed by atoms with Crippen molar-refractivity contribution in [3.63, 3.8) is 0 Å². The summed E-state index contributed by atoms with van der Waals surface area (Å²) in [5, 5.41) is 0. The van der Waals surface area contributed by atoms with Crippen molar-refractivity contribution >= 4 is 5.91 Å². The molecule has 138 valence electrons. The average Bonchev–Trinajstić information content (AvgIpc) is 2.65. The predicted molar refractivity (Wildman–Crippen MR) is 105 cm³/mol. The summed E-state index contributed by atoms with van der Waals surface area (Å²) in [6.07, 6.45) is 2.80. The summed E-state index contributed by atoms with van der Waals surface area (Å²) in [4.78, 5) is 14.7. The number of amides is 1. The topological polar surface area (TPSA) is 29.5 Å². The van der Waals surface area contributed by atoms with Gasteiger partial charge in [0.15, 0.2) is 6.10 Å². The first kappa shape index (κ1) is 18.5. The van der Waals surface area contributed by atoms with Gasteiger partial charge in [0, 0.05) is 13.1 Å². The minimum absolute atomic E-state index is 0.100. The Bertz CT molecular complexity index is 733. The molecule has 1 fully saturated rings. The van der Waals surface area contributed by atoms with E-state index in [-0.39, 0.29) is 5.91 Å². The van der Waals surface area contributed by atoms with Gasteiger partial charge in [-0.15, -0.1) is 0 Å². The van der Waals surface area contributed by atoms with Crippen molar-refractivity contribution < 1.29 is 9.53 Å². The van der Waals surface area contributed by atoms with Gasteiger partial charge in [-0.25, -0.2) is 0 Å². The Kier molecular flexibility index (Phi) is 5.97. The van der Waals surface area contributed by atoms with Crippen LogP contribution >= 0.6 is 0 Å². The summed E-state index contributed by atoms with van der Waals surface area (Å²) in [5.74, 6) is 1.57. The van der Waals surface area contributed by atoms with E-state index in [1.807, 2.05) is 30.9 Å². The number of ether oxygens (including phenoxy) is 1. The van der Waals surface area contributed by atoms with E-state index in [9.17, 15) is 4.79 Å². The molecule has 3 rings (SSSR count). The van der Waals surface area contributed by atoms with Crippen LogP contribution in [-0.2, 0) is 11.2 Å². The Balaban J connectivity index is 1.51. The molecule has 1 amide bonds. The van der Waals surface area contributed by atoms with E-state index in [1.54, 1.807) is 0 Å². The van der Waals surface area contributed by atoms with Crippen LogP contribution in [0.25, 0.3) is 0 Å². The second-order valence-electron chi connectivity index (χ2n) is 7.49. The highest BCUT2D eigenvalue weighted by Gasteiger charge is 2.27. The zero-order chi connectivity index (χ0) is 18.5. The van der Waals surface area contributed by atoms with Gasteiger partial charge in [-0.2, -0.15) is 0 Å². The number of carbonyl (C=O) groups is 1. The van der Waals surface area contributed by atoms with Gasteiger partial charge >= 0.3 is 0 Å². The molecule has 3 nitrogen and oxygen atoms in total. The maximum atomic E-state index is 12.7. The fourth-order valence-corrected chi connectivity index (χ4v) is 3.73. The maximum absolute atomic E-state index is 12.7. The number of hydrogen-bond donors (Lipinski definition) is 0. The van der Waals surface area contributed by atoms with Gasteiger partial charge in [0.1, 0.15) is 5.75 Å². The van der Waals surface area contributed by atoms with Crippen LogP contribution in [0.2, 0.25) is 0 Å². The van der Waals surface area contributed by atoms with Crippen LogP contribution < -0.4 is 4.74 Å². The minimum atomic E-state index is -0.443. The molecule has 26 heavy (non-hydrogen) atoms. The van der Waals surface area contributed by atoms with E-state index in [4.69, 9.17) is 4.74 Å². The van der Waals surface area contributed by atoms with Crippen molar-refractivity contribution in [2.45, 2.75) is 46.1 Å². The number of likely N-dealkylation sites (tertiary alicyclic amines) is 1. The number of benzene rings is 2. The highest BCUT2D eigenvalue weighted by molar-refractivity contribution is 5.81. The second kappa shape index (κ2) is 8.39. The van der Waals surface area contributed by atoms with Gasteiger partial charge in [0.25, 0.3) is 5.91 Å². The van der Waals surface area contributed by atoms with Gasteiger partial charge in [0.05, 0.1) is 0 Å². The molecule has 0 aliphatic carbocycles. The Hall–Kier alpha value is -2.29. The van der Waals surface area contributed by atoms with E-state index in [1.165, 1.54) is 11.1 Å². The lowest BCUT2D eigenvalue weighted by molar-refractivity contribution is -0.139. The molecule has 0 unspecified atom stereocenters. The molecule has 1 heterocycles. The van der Waals surface area contributed by atoms with Crippen molar-refractivity contribution in [2.75, 3.05) is 13.1 Å². The Labute approximate surface area is 157 Å². The van der Waals surface area contributed by atoms with E-state index >= 15 is 0 Å². The molecule has 0 spiro atoms. The van der Waals surface area contributed by atoms with Gasteiger partial charge < -0.3 is 9.64 Å². The lowest BCUT2D eigenvalue weighted by atomic mass is 9.90. The molecule has 2 aromatic rings. The zero-order valence-corrected chi connectivity index (χ0v) is 16.1. The molecule has 1 atom stereocenters. The van der Waals surface area contributed by atoms with Crippen molar-refractivity contribution in [2.24, 2.45) is 5.92 Å². The molecule has 1 aliphatic rings. The van der Waals surface area contributed by atoms with E-state index < -0.39 is 6.10 Å². The SMILES string of the molecule is Cc1ccc(O[C@@H](C)C(=O)N2CCC(Cc3ccccc3)CC2)c(C)c1. The summed E-state index contributed by atoms with van der Waals surface area (Å²) < 4.78 is 5.95. The van der Waals surface area contributed by atoms with Gasteiger partial charge in [-0.1, -0.05) is 48.0 Å². The molecule has 3 heteroatoms. The van der Waals surface area contributed by atoms with Crippen LogP contribution in [0.4, 0.5) is 0 Å². The Morgan fingerprint density at radius 3 is 2.46 bits per heavy atom. The number of nitrogens with zero attached hydrogens (tertiary/aromatic N) is 1. The van der Waals surface area contributed by atoms with E-state index in [0.717, 1.165) is 43.7 Å². The number of carbonyl (C=O) groups excluding carboxylic acids is 1. The fraction of sp³-hybridized carbons (Fsp3) is 0.435. The maximum Gasteiger partial charge on any atom is 0.263 e. The molecule has 0 aromatic heterocycles. The Morgan fingerprint density at radius 1 is 1.12 bits per heavy atom. The summed E-state index contributed by atoms with van der Waals surface area (Å²) in [6.45, 7) is 7.60. The van der Waals surface area contributed by atoms with Crippen molar-refractivity contribution in [1.29, 1.82) is 0 Å². The van der Waals surface area contributed by atoms with Crippen LogP contribution in [0, 0.1) is 19.8 Å². The van der Waals surface area contributed by atoms with Gasteiger partial charge in [0.2, 0.25) is 0 Å². The molecule has 1 saturated heterocycles. The number of piperidine rings is 1. The molecular weight excluding hydrogens is 322 g/mol. The third-order valence-electron chi connectivity index (χ3n) is 5.28. The lowest BCUT2D eigenvalue weighted by Gasteiger charge is -2.33. The van der Waals surface area contributed by atoms with Crippen LogP contribution in [0.1, 0.15) is 36.5 Å². The van der Waals surface area contributed by atoms with Gasteiger partial charge in [-0.3, -0.25) is 4.79 Å². The third-order valence-corrected chi connectivity index (χ3v) is 5.28. The highest BCUT2D eigenvalue weighted by atomic mass is 16.5. The van der Waals surface area contributed by atoms with Crippen molar-refractivity contribution in [1.82, 2.24) is 4.90 Å². The monoisotopic (exact) mass is 351 g/mol. The zero-order valence-electron chi connectivity index (χ0n) is 16.1. The highest BCUT2D eigenvalue weighted by Crippen LogP contribution is 2.24. The number of aryl methyl sites for hydroxylation is 2. The standard InChI is InChI=1S/C23H29NO2/c1-17-9-10-22(18(2)15-17)26-19(3)23(25)24-13-11-21(12-14-24)16-20-7-5-4-6-8-20/h4-10,15,19,21H,11-14,16H2,1-3H3/t19-/m0/s1. The van der Waals surface area contributed by atoms with E-state index in [0.29, 0.717) is 5.92 Å². The van der Waals surface area contributed by atoms with Crippen LogP contribution in [0.15, 0.2) is 48.5 Å². The molecule has 0 bridgehead atoms. The molecule has 0 N–H and O–H groups in total. The summed E-state index contributed by atoms with van der Waals surface area (Å²) in [5.41, 5.74) is 3.67. The smallest absolute Gasteiger partial charge is 0.263 e.